The van der Waals surface area contributed by atoms with Gasteiger partial charge in [-0.25, -0.2) is 9.37 Å². The van der Waals surface area contributed by atoms with Crippen molar-refractivity contribution in [1.82, 2.24) is 9.55 Å². The first-order chi connectivity index (χ1) is 10.5. The van der Waals surface area contributed by atoms with Crippen LogP contribution >= 0.6 is 0 Å². The summed E-state index contributed by atoms with van der Waals surface area (Å²) in [6, 6.07) is 10.5. The largest absolute Gasteiger partial charge is 0.398 e. The number of imidazole rings is 1. The Bertz CT molecular complexity index is 877. The minimum Gasteiger partial charge on any atom is -0.398 e. The minimum absolute atomic E-state index is 0.289. The highest BCUT2D eigenvalue weighted by Crippen LogP contribution is 2.28. The van der Waals surface area contributed by atoms with Crippen LogP contribution in [0.3, 0.4) is 0 Å². The Morgan fingerprint density at radius 3 is 2.73 bits per heavy atom. The van der Waals surface area contributed by atoms with Crippen LogP contribution in [0.25, 0.3) is 22.4 Å². The summed E-state index contributed by atoms with van der Waals surface area (Å²) in [5, 5.41) is 0. The average Bonchev–Trinajstić information content (AvgIpc) is 2.79. The smallest absolute Gasteiger partial charge is 0.141 e. The topological polar surface area (TPSA) is 43.8 Å². The molecule has 3 rings (SSSR count). The molecule has 1 aromatic heterocycles. The molecule has 0 atom stereocenters. The highest BCUT2D eigenvalue weighted by Gasteiger charge is 2.14. The molecule has 2 aromatic carbocycles. The Morgan fingerprint density at radius 1 is 1.27 bits per heavy atom. The van der Waals surface area contributed by atoms with E-state index in [0.717, 1.165) is 33.7 Å². The summed E-state index contributed by atoms with van der Waals surface area (Å²) < 4.78 is 15.5. The molecule has 0 radical (unpaired) electrons. The van der Waals surface area contributed by atoms with Crippen LogP contribution in [0.15, 0.2) is 48.6 Å². The standard InChI is InChI=1S/C18H18FN3/c1-11(2)10-22-17-7-6-14(19)9-16(17)21-18(22)13-5-4-12(3)15(20)8-13/h4-9H,1,10,20H2,2-3H3. The lowest BCUT2D eigenvalue weighted by molar-refractivity contribution is 0.629. The van der Waals surface area contributed by atoms with Gasteiger partial charge in [0.05, 0.1) is 11.0 Å². The molecule has 3 nitrogen and oxygen atoms in total. The van der Waals surface area contributed by atoms with Crippen LogP contribution in [0.1, 0.15) is 12.5 Å². The summed E-state index contributed by atoms with van der Waals surface area (Å²) in [6.07, 6.45) is 0. The van der Waals surface area contributed by atoms with Crippen molar-refractivity contribution < 1.29 is 4.39 Å². The molecule has 0 fully saturated rings. The summed E-state index contributed by atoms with van der Waals surface area (Å²) in [5.74, 6) is 0.484. The number of aromatic nitrogens is 2. The Balaban J connectivity index is 2.26. The van der Waals surface area contributed by atoms with E-state index in [9.17, 15) is 4.39 Å². The van der Waals surface area contributed by atoms with Gasteiger partial charge in [-0.05, 0) is 37.6 Å². The quantitative estimate of drug-likeness (QED) is 0.578. The Morgan fingerprint density at radius 2 is 2.05 bits per heavy atom. The molecule has 0 spiro atoms. The van der Waals surface area contributed by atoms with Gasteiger partial charge in [-0.15, -0.1) is 0 Å². The first-order valence-electron chi connectivity index (χ1n) is 7.12. The maximum absolute atomic E-state index is 13.5. The highest BCUT2D eigenvalue weighted by atomic mass is 19.1. The normalized spacial score (nSPS) is 11.0. The predicted octanol–water partition coefficient (Wildman–Crippen LogP) is 4.31. The molecular weight excluding hydrogens is 277 g/mol. The molecule has 0 bridgehead atoms. The van der Waals surface area contributed by atoms with Crippen molar-refractivity contribution in [3.8, 4) is 11.4 Å². The zero-order chi connectivity index (χ0) is 15.9. The molecule has 3 aromatic rings. The number of nitrogens with two attached hydrogens (primary N) is 1. The van der Waals surface area contributed by atoms with E-state index in [1.165, 1.54) is 12.1 Å². The molecule has 0 amide bonds. The van der Waals surface area contributed by atoms with Crippen molar-refractivity contribution in [2.75, 3.05) is 5.73 Å². The van der Waals surface area contributed by atoms with Crippen molar-refractivity contribution in [1.29, 1.82) is 0 Å². The Hall–Kier alpha value is -2.62. The van der Waals surface area contributed by atoms with Crippen molar-refractivity contribution in [3.05, 3.63) is 59.9 Å². The van der Waals surface area contributed by atoms with E-state index < -0.39 is 0 Å². The van der Waals surface area contributed by atoms with Crippen molar-refractivity contribution >= 4 is 16.7 Å². The third kappa shape index (κ3) is 2.48. The van der Waals surface area contributed by atoms with Crippen LogP contribution in [-0.2, 0) is 6.54 Å². The van der Waals surface area contributed by atoms with Crippen LogP contribution in [0, 0.1) is 12.7 Å². The number of rotatable bonds is 3. The summed E-state index contributed by atoms with van der Waals surface area (Å²) in [4.78, 5) is 4.59. The number of halogens is 1. The fourth-order valence-corrected chi connectivity index (χ4v) is 2.53. The predicted molar refractivity (Wildman–Crippen MR) is 89.1 cm³/mol. The molecule has 0 aliphatic rings. The lowest BCUT2D eigenvalue weighted by Gasteiger charge is -2.10. The number of hydrogen-bond donors (Lipinski definition) is 1. The van der Waals surface area contributed by atoms with E-state index in [1.807, 2.05) is 36.6 Å². The molecule has 0 aliphatic heterocycles. The van der Waals surface area contributed by atoms with Crippen LogP contribution in [0.4, 0.5) is 10.1 Å². The van der Waals surface area contributed by atoms with E-state index in [2.05, 4.69) is 11.6 Å². The fraction of sp³-hybridized carbons (Fsp3) is 0.167. The highest BCUT2D eigenvalue weighted by molar-refractivity contribution is 5.81. The molecule has 0 saturated carbocycles. The Kier molecular flexibility index (Phi) is 3.45. The average molecular weight is 295 g/mol. The molecule has 0 unspecified atom stereocenters. The van der Waals surface area contributed by atoms with Gasteiger partial charge < -0.3 is 10.3 Å². The monoisotopic (exact) mass is 295 g/mol. The summed E-state index contributed by atoms with van der Waals surface area (Å²) in [5.41, 5.74) is 11.2. The number of hydrogen-bond acceptors (Lipinski definition) is 2. The molecular formula is C18H18FN3. The lowest BCUT2D eigenvalue weighted by Crippen LogP contribution is -2.02. The zero-order valence-corrected chi connectivity index (χ0v) is 12.7. The minimum atomic E-state index is -0.289. The second kappa shape index (κ2) is 5.30. The number of allylic oxidation sites excluding steroid dienone is 1. The van der Waals surface area contributed by atoms with Crippen LogP contribution < -0.4 is 5.73 Å². The van der Waals surface area contributed by atoms with Gasteiger partial charge in [0.1, 0.15) is 11.6 Å². The van der Waals surface area contributed by atoms with Crippen molar-refractivity contribution in [2.24, 2.45) is 0 Å². The first kappa shape index (κ1) is 14.3. The second-order valence-electron chi connectivity index (χ2n) is 5.68. The number of nitrogens with zero attached hydrogens (tertiary/aromatic N) is 2. The number of benzene rings is 2. The maximum Gasteiger partial charge on any atom is 0.141 e. The maximum atomic E-state index is 13.5. The van der Waals surface area contributed by atoms with E-state index in [0.29, 0.717) is 12.1 Å². The number of aryl methyl sites for hydroxylation is 1. The van der Waals surface area contributed by atoms with Crippen molar-refractivity contribution in [3.63, 3.8) is 0 Å². The van der Waals surface area contributed by atoms with Gasteiger partial charge >= 0.3 is 0 Å². The summed E-state index contributed by atoms with van der Waals surface area (Å²) >= 11 is 0. The van der Waals surface area contributed by atoms with E-state index in [1.54, 1.807) is 6.07 Å². The van der Waals surface area contributed by atoms with Crippen LogP contribution in [-0.4, -0.2) is 9.55 Å². The SMILES string of the molecule is C=C(C)Cn1c(-c2ccc(C)c(N)c2)nc2cc(F)ccc21. The first-order valence-corrected chi connectivity index (χ1v) is 7.12. The van der Waals surface area contributed by atoms with Gasteiger partial charge in [0, 0.05) is 23.9 Å². The van der Waals surface area contributed by atoms with Gasteiger partial charge in [0.15, 0.2) is 0 Å². The third-order valence-electron chi connectivity index (χ3n) is 3.68. The van der Waals surface area contributed by atoms with Crippen LogP contribution in [0.5, 0.6) is 0 Å². The number of fused-ring (bicyclic) bond motifs is 1. The third-order valence-corrected chi connectivity index (χ3v) is 3.68. The summed E-state index contributed by atoms with van der Waals surface area (Å²) in [6.45, 7) is 8.53. The molecule has 1 heterocycles. The fourth-order valence-electron chi connectivity index (χ4n) is 2.53. The van der Waals surface area contributed by atoms with Gasteiger partial charge in [-0.2, -0.15) is 0 Å². The number of nitrogen functional groups attached to an aromatic ring is 1. The van der Waals surface area contributed by atoms with E-state index >= 15 is 0 Å². The van der Waals surface area contributed by atoms with Gasteiger partial charge in [0.2, 0.25) is 0 Å². The zero-order valence-electron chi connectivity index (χ0n) is 12.7. The van der Waals surface area contributed by atoms with E-state index in [4.69, 9.17) is 5.73 Å². The van der Waals surface area contributed by atoms with Gasteiger partial charge in [0.25, 0.3) is 0 Å². The summed E-state index contributed by atoms with van der Waals surface area (Å²) in [7, 11) is 0. The Labute approximate surface area is 128 Å². The van der Waals surface area contributed by atoms with Gasteiger partial charge in [-0.3, -0.25) is 0 Å². The van der Waals surface area contributed by atoms with E-state index in [-0.39, 0.29) is 5.82 Å². The molecule has 4 heteroatoms. The molecule has 2 N–H and O–H groups in total. The number of anilines is 1. The van der Waals surface area contributed by atoms with Crippen LogP contribution in [0.2, 0.25) is 0 Å². The second-order valence-corrected chi connectivity index (χ2v) is 5.68. The molecule has 112 valence electrons. The van der Waals surface area contributed by atoms with Crippen molar-refractivity contribution in [2.45, 2.75) is 20.4 Å². The molecule has 0 aliphatic carbocycles. The molecule has 22 heavy (non-hydrogen) atoms. The molecule has 0 saturated heterocycles. The van der Waals surface area contributed by atoms with Gasteiger partial charge in [-0.1, -0.05) is 24.3 Å². The lowest BCUT2D eigenvalue weighted by atomic mass is 10.1.